The predicted octanol–water partition coefficient (Wildman–Crippen LogP) is 0.274. The number of amides is 1. The Hall–Kier alpha value is -1.06. The van der Waals surface area contributed by atoms with E-state index in [1.165, 1.54) is 0 Å². The summed E-state index contributed by atoms with van der Waals surface area (Å²) in [6, 6.07) is 0. The minimum absolute atomic E-state index is 0.0260. The van der Waals surface area contributed by atoms with Gasteiger partial charge >= 0.3 is 5.97 Å². The van der Waals surface area contributed by atoms with Crippen molar-refractivity contribution < 1.29 is 14.3 Å². The van der Waals surface area contributed by atoms with E-state index in [0.717, 1.165) is 0 Å². The van der Waals surface area contributed by atoms with Crippen LogP contribution in [0.1, 0.15) is 13.8 Å². The largest absolute Gasteiger partial charge is 0.466 e. The van der Waals surface area contributed by atoms with Gasteiger partial charge in [0.15, 0.2) is 0 Å². The third kappa shape index (κ3) is 1.82. The first-order valence-corrected chi connectivity index (χ1v) is 4.49. The third-order valence-corrected chi connectivity index (χ3v) is 2.43. The van der Waals surface area contributed by atoms with Crippen molar-refractivity contribution in [3.05, 3.63) is 0 Å². The lowest BCUT2D eigenvalue weighted by Gasteiger charge is -2.10. The van der Waals surface area contributed by atoms with Crippen LogP contribution in [0.4, 0.5) is 0 Å². The summed E-state index contributed by atoms with van der Waals surface area (Å²) in [5.41, 5.74) is 0. The molecule has 0 N–H and O–H groups in total. The van der Waals surface area contributed by atoms with Gasteiger partial charge in [-0.2, -0.15) is 0 Å². The third-order valence-electron chi connectivity index (χ3n) is 2.43. The van der Waals surface area contributed by atoms with Gasteiger partial charge in [-0.3, -0.25) is 9.59 Å². The average Bonchev–Trinajstić information content (AvgIpc) is 2.33. The molecule has 74 valence electrons. The molecule has 0 saturated carbocycles. The van der Waals surface area contributed by atoms with Gasteiger partial charge in [0.2, 0.25) is 5.91 Å². The topological polar surface area (TPSA) is 46.6 Å². The molecule has 0 bridgehead atoms. The summed E-state index contributed by atoms with van der Waals surface area (Å²) in [7, 11) is 1.71. The highest BCUT2D eigenvalue weighted by atomic mass is 16.5. The first-order chi connectivity index (χ1) is 6.07. The van der Waals surface area contributed by atoms with Crippen molar-refractivity contribution in [3.8, 4) is 0 Å². The number of nitrogens with zero attached hydrogens (tertiary/aromatic N) is 1. The van der Waals surface area contributed by atoms with Gasteiger partial charge in [-0.05, 0) is 6.92 Å². The molecule has 1 saturated heterocycles. The van der Waals surface area contributed by atoms with Crippen LogP contribution in [-0.4, -0.2) is 37.0 Å². The number of hydrogen-bond acceptors (Lipinski definition) is 3. The molecule has 1 aliphatic rings. The highest BCUT2D eigenvalue weighted by Crippen LogP contribution is 2.23. The fourth-order valence-electron chi connectivity index (χ4n) is 1.59. The Labute approximate surface area is 77.8 Å². The van der Waals surface area contributed by atoms with E-state index >= 15 is 0 Å². The van der Waals surface area contributed by atoms with Crippen molar-refractivity contribution in [1.29, 1.82) is 0 Å². The second-order valence-electron chi connectivity index (χ2n) is 3.37. The number of likely N-dealkylation sites (tertiary alicyclic amines) is 1. The van der Waals surface area contributed by atoms with Gasteiger partial charge in [-0.1, -0.05) is 6.92 Å². The number of carbonyl (C=O) groups excluding carboxylic acids is 2. The van der Waals surface area contributed by atoms with E-state index in [1.54, 1.807) is 25.8 Å². The van der Waals surface area contributed by atoms with Gasteiger partial charge in [-0.15, -0.1) is 0 Å². The van der Waals surface area contributed by atoms with E-state index < -0.39 is 0 Å². The van der Waals surface area contributed by atoms with Crippen LogP contribution < -0.4 is 0 Å². The normalized spacial score (nSPS) is 27.9. The molecule has 0 spiro atoms. The SMILES string of the molecule is CCOC(=O)C1CN(C)C(=O)C1C. The first kappa shape index (κ1) is 10.0. The minimum atomic E-state index is -0.280. The summed E-state index contributed by atoms with van der Waals surface area (Å²) in [5.74, 6) is -0.743. The molecule has 0 aromatic heterocycles. The van der Waals surface area contributed by atoms with Crippen molar-refractivity contribution in [3.63, 3.8) is 0 Å². The van der Waals surface area contributed by atoms with Crippen molar-refractivity contribution >= 4 is 11.9 Å². The molecule has 1 amide bonds. The summed E-state index contributed by atoms with van der Waals surface area (Å²) >= 11 is 0. The van der Waals surface area contributed by atoms with E-state index in [9.17, 15) is 9.59 Å². The van der Waals surface area contributed by atoms with E-state index in [2.05, 4.69) is 0 Å². The minimum Gasteiger partial charge on any atom is -0.466 e. The molecule has 0 aromatic rings. The summed E-state index contributed by atoms with van der Waals surface area (Å²) in [5, 5.41) is 0. The van der Waals surface area contributed by atoms with Crippen molar-refractivity contribution in [1.82, 2.24) is 4.90 Å². The number of carbonyl (C=O) groups is 2. The highest BCUT2D eigenvalue weighted by Gasteiger charge is 2.40. The summed E-state index contributed by atoms with van der Waals surface area (Å²) in [6.07, 6.45) is 0. The summed E-state index contributed by atoms with van der Waals surface area (Å²) in [4.78, 5) is 24.3. The average molecular weight is 185 g/mol. The quantitative estimate of drug-likeness (QED) is 0.580. The fourth-order valence-corrected chi connectivity index (χ4v) is 1.59. The van der Waals surface area contributed by atoms with E-state index in [0.29, 0.717) is 13.2 Å². The molecule has 0 radical (unpaired) electrons. The van der Waals surface area contributed by atoms with E-state index in [4.69, 9.17) is 4.74 Å². The molecule has 4 heteroatoms. The van der Waals surface area contributed by atoms with Gasteiger partial charge in [-0.25, -0.2) is 0 Å². The number of hydrogen-bond donors (Lipinski definition) is 0. The molecule has 0 aliphatic carbocycles. The van der Waals surface area contributed by atoms with Gasteiger partial charge in [0.1, 0.15) is 0 Å². The van der Waals surface area contributed by atoms with Crippen LogP contribution in [0.2, 0.25) is 0 Å². The second kappa shape index (κ2) is 3.77. The highest BCUT2D eigenvalue weighted by molar-refractivity contribution is 5.88. The standard InChI is InChI=1S/C9H15NO3/c1-4-13-9(12)7-5-10(3)8(11)6(7)2/h6-7H,4-5H2,1-3H3. The molecular formula is C9H15NO3. The van der Waals surface area contributed by atoms with Crippen molar-refractivity contribution in [2.45, 2.75) is 13.8 Å². The smallest absolute Gasteiger partial charge is 0.311 e. The Morgan fingerprint density at radius 3 is 2.69 bits per heavy atom. The number of esters is 1. The van der Waals surface area contributed by atoms with Crippen LogP contribution >= 0.6 is 0 Å². The predicted molar refractivity (Wildman–Crippen MR) is 46.9 cm³/mol. The number of rotatable bonds is 2. The lowest BCUT2D eigenvalue weighted by Crippen LogP contribution is -2.24. The molecule has 13 heavy (non-hydrogen) atoms. The van der Waals surface area contributed by atoms with Gasteiger partial charge in [0.05, 0.1) is 18.4 Å². The maximum Gasteiger partial charge on any atom is 0.311 e. The van der Waals surface area contributed by atoms with Gasteiger partial charge in [0, 0.05) is 13.6 Å². The van der Waals surface area contributed by atoms with Crippen molar-refractivity contribution in [2.75, 3.05) is 20.2 Å². The molecular weight excluding hydrogens is 170 g/mol. The summed E-state index contributed by atoms with van der Waals surface area (Å²) in [6.45, 7) is 4.40. The van der Waals surface area contributed by atoms with Crippen LogP contribution in [0.25, 0.3) is 0 Å². The van der Waals surface area contributed by atoms with Crippen molar-refractivity contribution in [2.24, 2.45) is 11.8 Å². The van der Waals surface area contributed by atoms with E-state index in [-0.39, 0.29) is 23.7 Å². The molecule has 0 aromatic carbocycles. The lowest BCUT2D eigenvalue weighted by atomic mass is 9.98. The first-order valence-electron chi connectivity index (χ1n) is 4.49. The van der Waals surface area contributed by atoms with Crippen LogP contribution in [-0.2, 0) is 14.3 Å². The Balaban J connectivity index is 2.63. The summed E-state index contributed by atoms with van der Waals surface area (Å²) < 4.78 is 4.88. The van der Waals surface area contributed by atoms with Crippen LogP contribution in [0, 0.1) is 11.8 Å². The zero-order chi connectivity index (χ0) is 10.0. The molecule has 1 heterocycles. The molecule has 4 nitrogen and oxygen atoms in total. The fraction of sp³-hybridized carbons (Fsp3) is 0.778. The van der Waals surface area contributed by atoms with Gasteiger partial charge in [0.25, 0.3) is 0 Å². The Bertz CT molecular complexity index is 227. The van der Waals surface area contributed by atoms with Crippen LogP contribution in [0.5, 0.6) is 0 Å². The van der Waals surface area contributed by atoms with Crippen LogP contribution in [0.3, 0.4) is 0 Å². The van der Waals surface area contributed by atoms with Gasteiger partial charge < -0.3 is 9.64 Å². The molecule has 2 unspecified atom stereocenters. The maximum atomic E-state index is 11.3. The molecule has 1 aliphatic heterocycles. The Morgan fingerprint density at radius 2 is 2.31 bits per heavy atom. The molecule has 1 fully saturated rings. The monoisotopic (exact) mass is 185 g/mol. The van der Waals surface area contributed by atoms with Crippen LogP contribution in [0.15, 0.2) is 0 Å². The zero-order valence-electron chi connectivity index (χ0n) is 8.24. The second-order valence-corrected chi connectivity index (χ2v) is 3.37. The Morgan fingerprint density at radius 1 is 1.69 bits per heavy atom. The Kier molecular flexibility index (Phi) is 2.90. The maximum absolute atomic E-state index is 11.3. The molecule has 1 rings (SSSR count). The number of ether oxygens (including phenoxy) is 1. The zero-order valence-corrected chi connectivity index (χ0v) is 8.24. The lowest BCUT2D eigenvalue weighted by molar-refractivity contribution is -0.149. The van der Waals surface area contributed by atoms with E-state index in [1.807, 2.05) is 0 Å². The molecule has 2 atom stereocenters.